The van der Waals surface area contributed by atoms with Crippen LogP contribution in [0.3, 0.4) is 0 Å². The van der Waals surface area contributed by atoms with Gasteiger partial charge in [0.1, 0.15) is 0 Å². The molecule has 0 unspecified atom stereocenters. The summed E-state index contributed by atoms with van der Waals surface area (Å²) in [6.07, 6.45) is 0. The zero-order chi connectivity index (χ0) is 37.7. The highest BCUT2D eigenvalue weighted by Crippen LogP contribution is 2.47. The van der Waals surface area contributed by atoms with Crippen LogP contribution in [0.15, 0.2) is 224 Å². The van der Waals surface area contributed by atoms with Crippen molar-refractivity contribution >= 4 is 70.9 Å². The summed E-state index contributed by atoms with van der Waals surface area (Å²) in [4.78, 5) is 2.46. The Balaban J connectivity index is 1.16. The number of rotatable bonds is 6. The molecule has 0 atom stereocenters. The highest BCUT2D eigenvalue weighted by atomic mass is 15.1. The molecule has 1 heteroatoms. The van der Waals surface area contributed by atoms with E-state index in [0.29, 0.717) is 0 Å². The summed E-state index contributed by atoms with van der Waals surface area (Å²) in [5.41, 5.74) is 10.7. The Kier molecular flexibility index (Phi) is 7.89. The monoisotopic (exact) mass is 723 g/mol. The van der Waals surface area contributed by atoms with Gasteiger partial charge in [-0.05, 0) is 107 Å². The molecule has 0 N–H and O–H groups in total. The van der Waals surface area contributed by atoms with Gasteiger partial charge in [-0.25, -0.2) is 0 Å². The van der Waals surface area contributed by atoms with Crippen LogP contribution in [0.1, 0.15) is 0 Å². The van der Waals surface area contributed by atoms with Crippen molar-refractivity contribution in [2.45, 2.75) is 0 Å². The zero-order valence-electron chi connectivity index (χ0n) is 31.3. The molecule has 0 saturated heterocycles. The number of hydrogen-bond donors (Lipinski definition) is 0. The molecule has 0 aliphatic rings. The lowest BCUT2D eigenvalue weighted by atomic mass is 9.84. The van der Waals surface area contributed by atoms with Crippen molar-refractivity contribution in [3.63, 3.8) is 0 Å². The second-order valence-corrected chi connectivity index (χ2v) is 14.8. The Labute approximate surface area is 332 Å². The van der Waals surface area contributed by atoms with Crippen molar-refractivity contribution in [2.75, 3.05) is 4.90 Å². The Morgan fingerprint density at radius 2 is 0.684 bits per heavy atom. The van der Waals surface area contributed by atoms with Crippen LogP contribution in [-0.2, 0) is 0 Å². The molecule has 0 amide bonds. The van der Waals surface area contributed by atoms with Gasteiger partial charge in [-0.15, -0.1) is 0 Å². The van der Waals surface area contributed by atoms with E-state index < -0.39 is 0 Å². The minimum atomic E-state index is 1.11. The van der Waals surface area contributed by atoms with Crippen molar-refractivity contribution in [1.29, 1.82) is 0 Å². The molecule has 0 aliphatic carbocycles. The van der Waals surface area contributed by atoms with Gasteiger partial charge in [0, 0.05) is 16.5 Å². The van der Waals surface area contributed by atoms with E-state index in [0.717, 1.165) is 17.1 Å². The van der Waals surface area contributed by atoms with Crippen LogP contribution in [0.2, 0.25) is 0 Å². The third kappa shape index (κ3) is 5.55. The molecule has 1 nitrogen and oxygen atoms in total. The van der Waals surface area contributed by atoms with Crippen LogP contribution in [0.25, 0.3) is 87.2 Å². The SMILES string of the molecule is c1ccc(-c2c(-c3ccccc3)c3cc(-c4cccc(N(c5cccc6ccccc56)c5cccc6c5ccc5ccccc56)c4)ccc3c3ccccc23)cc1. The lowest BCUT2D eigenvalue weighted by Crippen LogP contribution is -2.11. The molecule has 0 aliphatic heterocycles. The summed E-state index contributed by atoms with van der Waals surface area (Å²) in [6, 6.07) is 82.1. The number of hydrogen-bond acceptors (Lipinski definition) is 1. The maximum Gasteiger partial charge on any atom is 0.0540 e. The molecule has 0 aromatic heterocycles. The zero-order valence-corrected chi connectivity index (χ0v) is 31.3. The number of nitrogens with zero attached hydrogens (tertiary/aromatic N) is 1. The first kappa shape index (κ1) is 32.9. The third-order valence-electron chi connectivity index (χ3n) is 11.6. The van der Waals surface area contributed by atoms with E-state index in [9.17, 15) is 0 Å². The largest absolute Gasteiger partial charge is 0.309 e. The molecule has 0 fully saturated rings. The van der Waals surface area contributed by atoms with Gasteiger partial charge >= 0.3 is 0 Å². The van der Waals surface area contributed by atoms with Crippen LogP contribution < -0.4 is 4.90 Å². The Morgan fingerprint density at radius 1 is 0.228 bits per heavy atom. The Bertz CT molecular complexity index is 3290. The summed E-state index contributed by atoms with van der Waals surface area (Å²) in [7, 11) is 0. The van der Waals surface area contributed by atoms with Gasteiger partial charge in [0.25, 0.3) is 0 Å². The molecule has 0 radical (unpaired) electrons. The van der Waals surface area contributed by atoms with Crippen LogP contribution >= 0.6 is 0 Å². The topological polar surface area (TPSA) is 3.24 Å². The normalized spacial score (nSPS) is 11.5. The van der Waals surface area contributed by atoms with E-state index in [1.54, 1.807) is 0 Å². The average molecular weight is 724 g/mol. The maximum atomic E-state index is 2.46. The van der Waals surface area contributed by atoms with Crippen LogP contribution in [0.4, 0.5) is 17.1 Å². The molecule has 11 aromatic carbocycles. The van der Waals surface area contributed by atoms with Gasteiger partial charge < -0.3 is 4.90 Å². The first-order valence-corrected chi connectivity index (χ1v) is 19.7. The number of anilines is 3. The first-order valence-electron chi connectivity index (χ1n) is 19.7. The van der Waals surface area contributed by atoms with Gasteiger partial charge in [0.2, 0.25) is 0 Å². The van der Waals surface area contributed by atoms with Crippen molar-refractivity contribution in [1.82, 2.24) is 0 Å². The van der Waals surface area contributed by atoms with E-state index in [4.69, 9.17) is 0 Å². The predicted molar refractivity (Wildman–Crippen MR) is 245 cm³/mol. The van der Waals surface area contributed by atoms with Gasteiger partial charge in [-0.3, -0.25) is 0 Å². The van der Waals surface area contributed by atoms with Gasteiger partial charge in [0.15, 0.2) is 0 Å². The average Bonchev–Trinajstić information content (AvgIpc) is 3.29. The Morgan fingerprint density at radius 3 is 1.44 bits per heavy atom. The summed E-state index contributed by atoms with van der Waals surface area (Å²) in [5.74, 6) is 0. The molecule has 0 saturated carbocycles. The molecule has 11 aromatic rings. The van der Waals surface area contributed by atoms with E-state index in [1.807, 2.05) is 0 Å². The van der Waals surface area contributed by atoms with E-state index >= 15 is 0 Å². The Hall–Kier alpha value is -7.48. The van der Waals surface area contributed by atoms with Crippen molar-refractivity contribution < 1.29 is 0 Å². The highest BCUT2D eigenvalue weighted by molar-refractivity contribution is 6.22. The predicted octanol–water partition coefficient (Wildman–Crippen LogP) is 15.9. The number of benzene rings is 11. The van der Waals surface area contributed by atoms with Crippen LogP contribution in [-0.4, -0.2) is 0 Å². The molecule has 0 bridgehead atoms. The fourth-order valence-electron chi connectivity index (χ4n) is 9.03. The van der Waals surface area contributed by atoms with Crippen molar-refractivity contribution in [2.24, 2.45) is 0 Å². The van der Waals surface area contributed by atoms with Gasteiger partial charge in [0.05, 0.1) is 11.4 Å². The molecule has 266 valence electrons. The second-order valence-electron chi connectivity index (χ2n) is 14.8. The fraction of sp³-hybridized carbons (Fsp3) is 0. The maximum absolute atomic E-state index is 2.46. The molecular formula is C56H37N. The first-order chi connectivity index (χ1) is 28.3. The van der Waals surface area contributed by atoms with Crippen molar-refractivity contribution in [3.8, 4) is 33.4 Å². The lowest BCUT2D eigenvalue weighted by Gasteiger charge is -2.29. The molecule has 11 rings (SSSR count). The van der Waals surface area contributed by atoms with Crippen LogP contribution in [0.5, 0.6) is 0 Å². The minimum absolute atomic E-state index is 1.11. The smallest absolute Gasteiger partial charge is 0.0540 e. The third-order valence-corrected chi connectivity index (χ3v) is 11.6. The summed E-state index contributed by atoms with van der Waals surface area (Å²) in [5, 5.41) is 12.4. The summed E-state index contributed by atoms with van der Waals surface area (Å²) in [6.45, 7) is 0. The van der Waals surface area contributed by atoms with E-state index in [-0.39, 0.29) is 0 Å². The highest BCUT2D eigenvalue weighted by Gasteiger charge is 2.21. The van der Waals surface area contributed by atoms with Gasteiger partial charge in [-0.2, -0.15) is 0 Å². The van der Waals surface area contributed by atoms with E-state index in [1.165, 1.54) is 87.2 Å². The van der Waals surface area contributed by atoms with E-state index in [2.05, 4.69) is 229 Å². The van der Waals surface area contributed by atoms with Crippen molar-refractivity contribution in [3.05, 3.63) is 224 Å². The molecule has 0 heterocycles. The fourth-order valence-corrected chi connectivity index (χ4v) is 9.03. The minimum Gasteiger partial charge on any atom is -0.309 e. The summed E-state index contributed by atoms with van der Waals surface area (Å²) >= 11 is 0. The molecule has 0 spiro atoms. The quantitative estimate of drug-likeness (QED) is 0.154. The lowest BCUT2D eigenvalue weighted by molar-refractivity contribution is 1.31. The molecule has 57 heavy (non-hydrogen) atoms. The standard InChI is InChI=1S/C56H37N/c1-3-18-40(19-4-1)55-51-28-12-11-27-48(51)49-34-33-43(37-52(49)56(55)41-20-5-2-6-21-41)42-23-13-24-44(36-42)57(53-30-14-22-38-16-8-10-26-46(38)53)54-31-15-29-47-45-25-9-7-17-39(45)32-35-50(47)54/h1-37H. The van der Waals surface area contributed by atoms with Gasteiger partial charge in [-0.1, -0.05) is 194 Å². The second kappa shape index (κ2) is 13.7. The number of fused-ring (bicyclic) bond motifs is 7. The van der Waals surface area contributed by atoms with Crippen LogP contribution in [0, 0.1) is 0 Å². The summed E-state index contributed by atoms with van der Waals surface area (Å²) < 4.78 is 0. The molecular weight excluding hydrogens is 687 g/mol.